The highest BCUT2D eigenvalue weighted by atomic mass is 16.6. The molecule has 0 saturated heterocycles. The molecule has 3 rings (SSSR count). The number of rotatable bonds is 4. The van der Waals surface area contributed by atoms with Gasteiger partial charge >= 0.3 is 12.2 Å². The number of carbonyl (C=O) groups is 3. The van der Waals surface area contributed by atoms with E-state index in [1.807, 2.05) is 26.8 Å². The molecule has 0 aliphatic heterocycles. The fourth-order valence-electron chi connectivity index (χ4n) is 3.23. The second-order valence-corrected chi connectivity index (χ2v) is 8.32. The predicted molar refractivity (Wildman–Crippen MR) is 130 cm³/mol. The van der Waals surface area contributed by atoms with E-state index in [2.05, 4.69) is 5.43 Å². The lowest BCUT2D eigenvalue weighted by Crippen LogP contribution is -2.51. The van der Waals surface area contributed by atoms with Crippen LogP contribution in [0.3, 0.4) is 0 Å². The Morgan fingerprint density at radius 2 is 1.35 bits per heavy atom. The van der Waals surface area contributed by atoms with Crippen LogP contribution in [-0.2, 0) is 4.74 Å². The highest BCUT2D eigenvalue weighted by Crippen LogP contribution is 2.25. The molecule has 0 spiro atoms. The first-order valence-corrected chi connectivity index (χ1v) is 10.6. The number of hydrazine groups is 1. The average molecular weight is 462 g/mol. The van der Waals surface area contributed by atoms with Crippen LogP contribution in [0.2, 0.25) is 0 Å². The van der Waals surface area contributed by atoms with Gasteiger partial charge in [0.25, 0.3) is 5.91 Å². The van der Waals surface area contributed by atoms with Crippen molar-refractivity contribution in [2.45, 2.75) is 26.3 Å². The van der Waals surface area contributed by atoms with Crippen LogP contribution in [0.15, 0.2) is 84.9 Å². The van der Waals surface area contributed by atoms with Crippen molar-refractivity contribution in [2.75, 3.05) is 17.0 Å². The Labute approximate surface area is 198 Å². The molecule has 0 unspecified atom stereocenters. The van der Waals surface area contributed by atoms with Crippen LogP contribution < -0.4 is 20.1 Å². The van der Waals surface area contributed by atoms with Crippen molar-refractivity contribution >= 4 is 29.5 Å². The molecule has 0 aliphatic rings. The third kappa shape index (κ3) is 5.92. The quantitative estimate of drug-likeness (QED) is 0.415. The zero-order chi connectivity index (χ0) is 24.7. The number of carbonyl (C=O) groups excluding carboxylic acids is 3. The molecule has 0 saturated carbocycles. The van der Waals surface area contributed by atoms with Crippen molar-refractivity contribution in [3.63, 3.8) is 0 Å². The maximum atomic E-state index is 13.1. The number of hydrogen-bond donors (Lipinski definition) is 1. The van der Waals surface area contributed by atoms with Gasteiger partial charge in [0, 0.05) is 16.8 Å². The molecule has 0 heterocycles. The number of anilines is 2. The van der Waals surface area contributed by atoms with Crippen LogP contribution in [0, 0.1) is 0 Å². The van der Waals surface area contributed by atoms with E-state index in [-0.39, 0.29) is 5.56 Å². The van der Waals surface area contributed by atoms with Crippen molar-refractivity contribution in [3.8, 4) is 5.75 Å². The first-order chi connectivity index (χ1) is 16.2. The van der Waals surface area contributed by atoms with Gasteiger partial charge in [-0.3, -0.25) is 15.1 Å². The Kier molecular flexibility index (Phi) is 7.53. The number of benzene rings is 3. The predicted octanol–water partition coefficient (Wildman–Crippen LogP) is 5.41. The minimum Gasteiger partial charge on any atom is -0.497 e. The van der Waals surface area contributed by atoms with Gasteiger partial charge in [-0.1, -0.05) is 42.5 Å². The van der Waals surface area contributed by atoms with Gasteiger partial charge in [-0.2, -0.15) is 5.01 Å². The van der Waals surface area contributed by atoms with E-state index in [4.69, 9.17) is 9.47 Å². The van der Waals surface area contributed by atoms with Gasteiger partial charge in [-0.25, -0.2) is 9.59 Å². The van der Waals surface area contributed by atoms with E-state index in [0.29, 0.717) is 17.1 Å². The maximum absolute atomic E-state index is 13.1. The standard InChI is InChI=1S/C26H27N3O5/c1-26(2,3)28(20-13-7-5-8-14-20)24(31)34-25(32)29(21-15-9-6-10-16-21)27-23(30)19-12-11-17-22(18-19)33-4/h5-18H,1-4H3,(H,27,30). The van der Waals surface area contributed by atoms with Crippen LogP contribution in [-0.4, -0.2) is 30.7 Å². The Morgan fingerprint density at radius 1 is 0.765 bits per heavy atom. The van der Waals surface area contributed by atoms with Gasteiger partial charge in [0.2, 0.25) is 0 Å². The molecule has 0 radical (unpaired) electrons. The largest absolute Gasteiger partial charge is 0.497 e. The molecule has 3 aromatic rings. The molecule has 3 aromatic carbocycles. The zero-order valence-corrected chi connectivity index (χ0v) is 19.5. The fraction of sp³-hybridized carbons (Fsp3) is 0.192. The number of amides is 3. The van der Waals surface area contributed by atoms with Crippen molar-refractivity contribution in [1.82, 2.24) is 5.43 Å². The summed E-state index contributed by atoms with van der Waals surface area (Å²) in [6.45, 7) is 5.47. The molecule has 3 amide bonds. The number of nitrogens with one attached hydrogen (secondary N) is 1. The van der Waals surface area contributed by atoms with Crippen molar-refractivity contribution in [3.05, 3.63) is 90.5 Å². The van der Waals surface area contributed by atoms with Crippen molar-refractivity contribution in [1.29, 1.82) is 0 Å². The highest BCUT2D eigenvalue weighted by Gasteiger charge is 2.33. The SMILES string of the molecule is COc1cccc(C(=O)NN(C(=O)OC(=O)N(c2ccccc2)C(C)(C)C)c2ccccc2)c1. The summed E-state index contributed by atoms with van der Waals surface area (Å²) >= 11 is 0. The summed E-state index contributed by atoms with van der Waals surface area (Å²) in [4.78, 5) is 40.5. The van der Waals surface area contributed by atoms with E-state index in [0.717, 1.165) is 5.01 Å². The van der Waals surface area contributed by atoms with Gasteiger partial charge in [-0.15, -0.1) is 0 Å². The number of hydrogen-bond acceptors (Lipinski definition) is 5. The lowest BCUT2D eigenvalue weighted by Gasteiger charge is -2.34. The van der Waals surface area contributed by atoms with Gasteiger partial charge in [-0.05, 0) is 63.2 Å². The molecule has 1 N–H and O–H groups in total. The number of nitrogens with zero attached hydrogens (tertiary/aromatic N) is 2. The lowest BCUT2D eigenvalue weighted by atomic mass is 10.1. The minimum atomic E-state index is -1.06. The van der Waals surface area contributed by atoms with Crippen LogP contribution in [0.1, 0.15) is 31.1 Å². The second kappa shape index (κ2) is 10.5. The maximum Gasteiger partial charge on any atom is 0.442 e. The third-order valence-corrected chi connectivity index (χ3v) is 4.78. The fourth-order valence-corrected chi connectivity index (χ4v) is 3.23. The Hall–Kier alpha value is -4.33. The van der Waals surface area contributed by atoms with Crippen LogP contribution in [0.25, 0.3) is 0 Å². The van der Waals surface area contributed by atoms with Crippen LogP contribution in [0.4, 0.5) is 21.0 Å². The summed E-state index contributed by atoms with van der Waals surface area (Å²) in [5, 5.41) is 0.894. The van der Waals surface area contributed by atoms with Crippen LogP contribution in [0.5, 0.6) is 5.75 Å². The summed E-state index contributed by atoms with van der Waals surface area (Å²) in [5.41, 5.74) is 2.99. The summed E-state index contributed by atoms with van der Waals surface area (Å²) < 4.78 is 10.4. The van der Waals surface area contributed by atoms with Gasteiger partial charge in [0.15, 0.2) is 0 Å². The van der Waals surface area contributed by atoms with Crippen molar-refractivity contribution < 1.29 is 23.9 Å². The first kappa shape index (κ1) is 24.3. The monoisotopic (exact) mass is 461 g/mol. The molecule has 34 heavy (non-hydrogen) atoms. The molecule has 176 valence electrons. The number of ether oxygens (including phenoxy) is 2. The number of methoxy groups -OCH3 is 1. The zero-order valence-electron chi connectivity index (χ0n) is 19.5. The normalized spacial score (nSPS) is 10.7. The molecular weight excluding hydrogens is 434 g/mol. The van der Waals surface area contributed by atoms with E-state index in [1.165, 1.54) is 18.1 Å². The summed E-state index contributed by atoms with van der Waals surface area (Å²) in [7, 11) is 1.49. The number of para-hydroxylation sites is 2. The summed E-state index contributed by atoms with van der Waals surface area (Å²) in [5.74, 6) is -0.0942. The topological polar surface area (TPSA) is 88.2 Å². The third-order valence-electron chi connectivity index (χ3n) is 4.78. The average Bonchev–Trinajstić information content (AvgIpc) is 2.82. The van der Waals surface area contributed by atoms with Gasteiger partial charge < -0.3 is 9.47 Å². The molecule has 0 aliphatic carbocycles. The molecule has 8 nitrogen and oxygen atoms in total. The molecule has 0 aromatic heterocycles. The minimum absolute atomic E-state index is 0.264. The van der Waals surface area contributed by atoms with E-state index in [9.17, 15) is 14.4 Å². The first-order valence-electron chi connectivity index (χ1n) is 10.6. The molecule has 0 atom stereocenters. The van der Waals surface area contributed by atoms with Gasteiger partial charge in [0.1, 0.15) is 5.75 Å². The van der Waals surface area contributed by atoms with Gasteiger partial charge in [0.05, 0.1) is 12.8 Å². The lowest BCUT2D eigenvalue weighted by molar-refractivity contribution is 0.0939. The van der Waals surface area contributed by atoms with E-state index < -0.39 is 23.6 Å². The molecule has 8 heteroatoms. The Balaban J connectivity index is 1.87. The summed E-state index contributed by atoms with van der Waals surface area (Å²) in [6, 6.07) is 23.7. The Morgan fingerprint density at radius 3 is 1.91 bits per heavy atom. The van der Waals surface area contributed by atoms with E-state index in [1.54, 1.807) is 72.8 Å². The summed E-state index contributed by atoms with van der Waals surface area (Å²) in [6.07, 6.45) is -1.93. The van der Waals surface area contributed by atoms with Crippen LogP contribution >= 0.6 is 0 Å². The van der Waals surface area contributed by atoms with E-state index >= 15 is 0 Å². The molecule has 0 bridgehead atoms. The molecule has 0 fully saturated rings. The second-order valence-electron chi connectivity index (χ2n) is 8.32. The smallest absolute Gasteiger partial charge is 0.442 e. The Bertz CT molecular complexity index is 1140. The highest BCUT2D eigenvalue weighted by molar-refractivity contribution is 6.04. The molecular formula is C26H27N3O5. The van der Waals surface area contributed by atoms with Crippen molar-refractivity contribution in [2.24, 2.45) is 0 Å².